The maximum Gasteiger partial charge on any atom is 0.333 e. The lowest BCUT2D eigenvalue weighted by atomic mass is 10.0. The molecule has 0 fully saturated rings. The summed E-state index contributed by atoms with van der Waals surface area (Å²) in [6, 6.07) is 20.5. The van der Waals surface area contributed by atoms with E-state index in [9.17, 15) is 14.4 Å². The van der Waals surface area contributed by atoms with Crippen molar-refractivity contribution < 1.29 is 29.0 Å². The number of carboxylic acid groups (broad SMARTS) is 1. The van der Waals surface area contributed by atoms with Crippen LogP contribution in [0.5, 0.6) is 5.75 Å². The van der Waals surface area contributed by atoms with Crippen LogP contribution >= 0.6 is 0 Å². The number of ether oxygens (including phenoxy) is 2. The summed E-state index contributed by atoms with van der Waals surface area (Å²) in [5.41, 5.74) is 2.67. The van der Waals surface area contributed by atoms with Gasteiger partial charge in [-0.05, 0) is 60.5 Å². The van der Waals surface area contributed by atoms with Crippen molar-refractivity contribution in [2.45, 2.75) is 25.4 Å². The predicted molar refractivity (Wildman–Crippen MR) is 130 cm³/mol. The second kappa shape index (κ2) is 12.9. The van der Waals surface area contributed by atoms with Crippen molar-refractivity contribution in [1.29, 1.82) is 0 Å². The monoisotopic (exact) mass is 475 g/mol. The van der Waals surface area contributed by atoms with E-state index in [0.29, 0.717) is 30.8 Å². The van der Waals surface area contributed by atoms with Gasteiger partial charge in [0.15, 0.2) is 6.10 Å². The summed E-state index contributed by atoms with van der Waals surface area (Å²) in [4.78, 5) is 11.1. The van der Waals surface area contributed by atoms with Gasteiger partial charge in [-0.3, -0.25) is 0 Å². The third-order valence-corrected chi connectivity index (χ3v) is 5.24. The van der Waals surface area contributed by atoms with Crippen molar-refractivity contribution in [3.05, 3.63) is 101 Å². The fourth-order valence-electron chi connectivity index (χ4n) is 3.35. The van der Waals surface area contributed by atoms with Crippen LogP contribution in [0.3, 0.4) is 0 Å². The number of carbonyl (C=O) groups is 1. The molecule has 0 aromatic heterocycles. The number of aliphatic carboxylic acids is 1. The number of nitrogens with zero attached hydrogens (tertiary/aromatic N) is 1. The molecule has 35 heavy (non-hydrogen) atoms. The molecule has 0 aliphatic rings. The predicted octanol–water partition coefficient (Wildman–Crippen LogP) is 4.91. The molecule has 1 atom stereocenters. The molecular formula is C28H26FNO5. The lowest BCUT2D eigenvalue weighted by Gasteiger charge is -2.10. The van der Waals surface area contributed by atoms with Gasteiger partial charge in [-0.25, -0.2) is 9.18 Å². The van der Waals surface area contributed by atoms with E-state index in [1.807, 2.05) is 24.3 Å². The molecular weight excluding hydrogens is 449 g/mol. The van der Waals surface area contributed by atoms with Crippen LogP contribution in [0.15, 0.2) is 78.0 Å². The van der Waals surface area contributed by atoms with Gasteiger partial charge >= 0.3 is 5.97 Å². The van der Waals surface area contributed by atoms with Gasteiger partial charge in [0, 0.05) is 36.6 Å². The first kappa shape index (κ1) is 25.5. The van der Waals surface area contributed by atoms with Crippen molar-refractivity contribution in [1.82, 2.24) is 0 Å². The molecule has 3 rings (SSSR count). The molecule has 0 aliphatic heterocycles. The van der Waals surface area contributed by atoms with Crippen molar-refractivity contribution in [2.75, 3.05) is 13.7 Å². The van der Waals surface area contributed by atoms with Gasteiger partial charge < -0.3 is 19.8 Å². The van der Waals surface area contributed by atoms with E-state index in [2.05, 4.69) is 17.0 Å². The summed E-state index contributed by atoms with van der Waals surface area (Å²) < 4.78 is 24.7. The van der Waals surface area contributed by atoms with E-state index in [1.165, 1.54) is 13.2 Å². The maximum absolute atomic E-state index is 14.0. The lowest BCUT2D eigenvalue weighted by Crippen LogP contribution is -2.24. The number of halogens is 1. The third kappa shape index (κ3) is 7.42. The number of rotatable bonds is 10. The summed E-state index contributed by atoms with van der Waals surface area (Å²) in [5.74, 6) is 5.40. The Labute approximate surface area is 203 Å². The standard InChI is InChI=1S/C28H26FNO5/c1-34-26(28(31)32)19-21-12-10-20(11-13-21)7-3-2-6-18-35-23-16-14-22(15-17-23)27(30-33)24-8-4-5-9-25(24)29/h4-5,8-17,26,33H,2,6,18-19H2,1H3,(H,31,32)/t26-/m0/s1. The molecule has 0 bridgehead atoms. The van der Waals surface area contributed by atoms with Gasteiger partial charge in [-0.15, -0.1) is 0 Å². The average Bonchev–Trinajstić information content (AvgIpc) is 2.87. The van der Waals surface area contributed by atoms with Crippen LogP contribution in [0.4, 0.5) is 4.39 Å². The quantitative estimate of drug-likeness (QED) is 0.143. The molecule has 0 amide bonds. The Hall–Kier alpha value is -4.15. The SMILES string of the molecule is CO[C@@H](Cc1ccc(C#CCCCOc2ccc(C(=NO)c3ccccc3F)cc2)cc1)C(=O)O. The lowest BCUT2D eigenvalue weighted by molar-refractivity contribution is -0.148. The van der Waals surface area contributed by atoms with Gasteiger partial charge in [-0.1, -0.05) is 41.3 Å². The first-order valence-corrected chi connectivity index (χ1v) is 11.1. The van der Waals surface area contributed by atoms with Crippen LogP contribution in [0, 0.1) is 17.7 Å². The number of unbranched alkanes of at least 4 members (excludes halogenated alkanes) is 1. The Bertz CT molecular complexity index is 1210. The molecule has 3 aromatic rings. The minimum Gasteiger partial charge on any atom is -0.494 e. The van der Waals surface area contributed by atoms with E-state index in [-0.39, 0.29) is 11.3 Å². The van der Waals surface area contributed by atoms with Crippen LogP contribution in [0.2, 0.25) is 0 Å². The maximum atomic E-state index is 14.0. The number of carboxylic acids is 1. The van der Waals surface area contributed by atoms with Crippen LogP contribution in [-0.2, 0) is 16.0 Å². The largest absolute Gasteiger partial charge is 0.494 e. The zero-order chi connectivity index (χ0) is 25.0. The highest BCUT2D eigenvalue weighted by atomic mass is 19.1. The molecule has 3 aromatic carbocycles. The van der Waals surface area contributed by atoms with Gasteiger partial charge in [0.05, 0.1) is 6.61 Å². The second-order valence-corrected chi connectivity index (χ2v) is 7.67. The zero-order valence-corrected chi connectivity index (χ0v) is 19.3. The Morgan fingerprint density at radius 1 is 1.06 bits per heavy atom. The minimum atomic E-state index is -0.985. The van der Waals surface area contributed by atoms with Crippen LogP contribution < -0.4 is 4.74 Å². The number of hydrogen-bond acceptors (Lipinski definition) is 5. The molecule has 6 nitrogen and oxygen atoms in total. The number of hydrogen-bond donors (Lipinski definition) is 2. The molecule has 0 spiro atoms. The molecule has 0 aliphatic carbocycles. The average molecular weight is 476 g/mol. The van der Waals surface area contributed by atoms with Crippen LogP contribution in [0.25, 0.3) is 0 Å². The molecule has 0 saturated carbocycles. The fourth-order valence-corrected chi connectivity index (χ4v) is 3.35. The summed E-state index contributed by atoms with van der Waals surface area (Å²) in [6.45, 7) is 0.481. The third-order valence-electron chi connectivity index (χ3n) is 5.24. The van der Waals surface area contributed by atoms with Gasteiger partial charge in [-0.2, -0.15) is 0 Å². The molecule has 0 saturated heterocycles. The van der Waals surface area contributed by atoms with Gasteiger partial charge in [0.2, 0.25) is 0 Å². The Kier molecular flexibility index (Phi) is 9.40. The number of benzene rings is 3. The highest BCUT2D eigenvalue weighted by Crippen LogP contribution is 2.18. The summed E-state index contributed by atoms with van der Waals surface area (Å²) in [7, 11) is 1.38. The molecule has 0 radical (unpaired) electrons. The van der Waals surface area contributed by atoms with Crippen molar-refractivity contribution in [3.8, 4) is 17.6 Å². The highest BCUT2D eigenvalue weighted by Gasteiger charge is 2.16. The normalized spacial score (nSPS) is 11.9. The van der Waals surface area contributed by atoms with Gasteiger partial charge in [0.25, 0.3) is 0 Å². The van der Waals surface area contributed by atoms with E-state index in [0.717, 1.165) is 17.5 Å². The Morgan fingerprint density at radius 2 is 1.77 bits per heavy atom. The van der Waals surface area contributed by atoms with Crippen molar-refractivity contribution in [3.63, 3.8) is 0 Å². The number of methoxy groups -OCH3 is 1. The highest BCUT2D eigenvalue weighted by molar-refractivity contribution is 6.12. The molecule has 180 valence electrons. The van der Waals surface area contributed by atoms with E-state index < -0.39 is 17.9 Å². The van der Waals surface area contributed by atoms with E-state index in [1.54, 1.807) is 42.5 Å². The summed E-state index contributed by atoms with van der Waals surface area (Å²) in [6.07, 6.45) is 0.827. The first-order chi connectivity index (χ1) is 17.0. The second-order valence-electron chi connectivity index (χ2n) is 7.67. The molecule has 0 unspecified atom stereocenters. The Morgan fingerprint density at radius 3 is 2.40 bits per heavy atom. The molecule has 0 heterocycles. The van der Waals surface area contributed by atoms with Gasteiger partial charge in [0.1, 0.15) is 17.3 Å². The van der Waals surface area contributed by atoms with E-state index >= 15 is 0 Å². The van der Waals surface area contributed by atoms with Crippen LogP contribution in [0.1, 0.15) is 35.1 Å². The van der Waals surface area contributed by atoms with Crippen molar-refractivity contribution in [2.24, 2.45) is 5.16 Å². The summed E-state index contributed by atoms with van der Waals surface area (Å²) in [5, 5.41) is 21.7. The topological polar surface area (TPSA) is 88.4 Å². The first-order valence-electron chi connectivity index (χ1n) is 11.1. The fraction of sp³-hybridized carbons (Fsp3) is 0.214. The Balaban J connectivity index is 1.45. The smallest absolute Gasteiger partial charge is 0.333 e. The number of oxime groups is 1. The van der Waals surface area contributed by atoms with Crippen LogP contribution in [-0.4, -0.2) is 41.8 Å². The summed E-state index contributed by atoms with van der Waals surface area (Å²) >= 11 is 0. The van der Waals surface area contributed by atoms with E-state index in [4.69, 9.17) is 14.6 Å². The zero-order valence-electron chi connectivity index (χ0n) is 19.3. The minimum absolute atomic E-state index is 0.151. The van der Waals surface area contributed by atoms with Crippen molar-refractivity contribution >= 4 is 11.7 Å². The molecule has 7 heteroatoms. The molecule has 2 N–H and O–H groups in total.